The summed E-state index contributed by atoms with van der Waals surface area (Å²) in [6.07, 6.45) is 3.80. The van der Waals surface area contributed by atoms with Crippen molar-refractivity contribution in [2.45, 2.75) is 25.4 Å². The van der Waals surface area contributed by atoms with Gasteiger partial charge in [0.05, 0.1) is 18.5 Å². The van der Waals surface area contributed by atoms with Crippen molar-refractivity contribution in [2.24, 2.45) is 0 Å². The zero-order chi connectivity index (χ0) is 17.6. The van der Waals surface area contributed by atoms with Crippen LogP contribution in [-0.2, 0) is 9.59 Å². The van der Waals surface area contributed by atoms with E-state index in [0.717, 1.165) is 17.0 Å². The highest BCUT2D eigenvalue weighted by molar-refractivity contribution is 7.10. The number of aromatic nitrogens is 1. The molecule has 0 saturated carbocycles. The van der Waals surface area contributed by atoms with Gasteiger partial charge in [0.15, 0.2) is 0 Å². The quantitative estimate of drug-likeness (QED) is 0.856. The van der Waals surface area contributed by atoms with E-state index in [4.69, 9.17) is 0 Å². The highest BCUT2D eigenvalue weighted by atomic mass is 32.1. The number of carbonyl (C=O) groups is 2. The second-order valence-corrected chi connectivity index (χ2v) is 7.05. The van der Waals surface area contributed by atoms with Crippen molar-refractivity contribution in [3.63, 3.8) is 0 Å². The van der Waals surface area contributed by atoms with E-state index in [0.29, 0.717) is 13.1 Å². The van der Waals surface area contributed by atoms with Crippen LogP contribution in [0.3, 0.4) is 0 Å². The van der Waals surface area contributed by atoms with E-state index < -0.39 is 0 Å². The molecule has 0 spiro atoms. The molecule has 3 heterocycles. The second kappa shape index (κ2) is 8.22. The highest BCUT2D eigenvalue weighted by Gasteiger charge is 2.30. The molecule has 7 heteroatoms. The van der Waals surface area contributed by atoms with Crippen molar-refractivity contribution in [3.8, 4) is 0 Å². The molecule has 6 nitrogen and oxygen atoms in total. The molecule has 2 aromatic heterocycles. The van der Waals surface area contributed by atoms with E-state index in [-0.39, 0.29) is 30.3 Å². The predicted octanol–water partition coefficient (Wildman–Crippen LogP) is 1.88. The van der Waals surface area contributed by atoms with Crippen LogP contribution in [0.1, 0.15) is 35.9 Å². The highest BCUT2D eigenvalue weighted by Crippen LogP contribution is 2.27. The molecule has 3 rings (SSSR count). The lowest BCUT2D eigenvalue weighted by Crippen LogP contribution is -2.49. The minimum absolute atomic E-state index is 0.0312. The molecule has 0 aliphatic carbocycles. The number of nitrogens with zero attached hydrogens (tertiary/aromatic N) is 2. The third kappa shape index (κ3) is 4.43. The Morgan fingerprint density at radius 3 is 3.00 bits per heavy atom. The number of hydrogen-bond acceptors (Lipinski definition) is 5. The molecular formula is C18H22N4O2S. The Labute approximate surface area is 151 Å². The van der Waals surface area contributed by atoms with Crippen LogP contribution in [-0.4, -0.2) is 41.3 Å². The standard InChI is InChI=1S/C18H22N4O2S/c1-13(23)21-15(17-5-3-9-25-17)10-18(24)22-8-7-20-12-16(22)14-4-2-6-19-11-14/h2-6,9,11,15-16,20H,7-8,10,12H2,1H3,(H,21,23). The SMILES string of the molecule is CC(=O)NC(CC(=O)N1CCNCC1c1cccnc1)c1cccs1. The van der Waals surface area contributed by atoms with Gasteiger partial charge in [0.1, 0.15) is 0 Å². The second-order valence-electron chi connectivity index (χ2n) is 6.07. The first-order valence-corrected chi connectivity index (χ1v) is 9.23. The fourth-order valence-corrected chi connectivity index (χ4v) is 3.90. The maximum Gasteiger partial charge on any atom is 0.225 e. The van der Waals surface area contributed by atoms with Crippen molar-refractivity contribution in [1.82, 2.24) is 20.5 Å². The van der Waals surface area contributed by atoms with Crippen molar-refractivity contribution in [1.29, 1.82) is 0 Å². The summed E-state index contributed by atoms with van der Waals surface area (Å²) in [7, 11) is 0. The number of thiophene rings is 1. The smallest absolute Gasteiger partial charge is 0.225 e. The molecule has 2 aromatic rings. The van der Waals surface area contributed by atoms with Crippen LogP contribution in [0.25, 0.3) is 0 Å². The topological polar surface area (TPSA) is 74.3 Å². The van der Waals surface area contributed by atoms with Crippen molar-refractivity contribution in [2.75, 3.05) is 19.6 Å². The number of rotatable bonds is 5. The fourth-order valence-electron chi connectivity index (χ4n) is 3.12. The molecule has 2 atom stereocenters. The largest absolute Gasteiger partial charge is 0.348 e. The summed E-state index contributed by atoms with van der Waals surface area (Å²) in [5.41, 5.74) is 1.02. The molecule has 2 amide bonds. The summed E-state index contributed by atoms with van der Waals surface area (Å²) >= 11 is 1.55. The summed E-state index contributed by atoms with van der Waals surface area (Å²) in [6.45, 7) is 3.61. The molecule has 25 heavy (non-hydrogen) atoms. The minimum atomic E-state index is -0.283. The zero-order valence-electron chi connectivity index (χ0n) is 14.1. The molecule has 1 fully saturated rings. The molecule has 1 saturated heterocycles. The van der Waals surface area contributed by atoms with E-state index in [2.05, 4.69) is 15.6 Å². The Balaban J connectivity index is 1.76. The van der Waals surface area contributed by atoms with E-state index >= 15 is 0 Å². The minimum Gasteiger partial charge on any atom is -0.348 e. The van der Waals surface area contributed by atoms with E-state index in [1.54, 1.807) is 17.5 Å². The molecule has 1 aliphatic heterocycles. The Morgan fingerprint density at radius 2 is 2.32 bits per heavy atom. The first-order valence-electron chi connectivity index (χ1n) is 8.36. The number of nitrogens with one attached hydrogen (secondary N) is 2. The predicted molar refractivity (Wildman–Crippen MR) is 97.1 cm³/mol. The van der Waals surface area contributed by atoms with Crippen LogP contribution in [0.2, 0.25) is 0 Å². The van der Waals surface area contributed by atoms with Gasteiger partial charge < -0.3 is 15.5 Å². The number of amides is 2. The maximum atomic E-state index is 13.0. The third-order valence-corrected chi connectivity index (χ3v) is 5.26. The lowest BCUT2D eigenvalue weighted by atomic mass is 10.0. The summed E-state index contributed by atoms with van der Waals surface area (Å²) in [4.78, 5) is 31.6. The molecule has 2 N–H and O–H groups in total. The first-order chi connectivity index (χ1) is 12.1. The van der Waals surface area contributed by atoms with Gasteiger partial charge in [-0.25, -0.2) is 0 Å². The lowest BCUT2D eigenvalue weighted by Gasteiger charge is -2.37. The normalized spacial score (nSPS) is 18.6. The number of piperazine rings is 1. The molecular weight excluding hydrogens is 336 g/mol. The van der Waals surface area contributed by atoms with Gasteiger partial charge in [0.2, 0.25) is 11.8 Å². The van der Waals surface area contributed by atoms with Gasteiger partial charge in [-0.1, -0.05) is 12.1 Å². The number of pyridine rings is 1. The first kappa shape index (κ1) is 17.6. The van der Waals surface area contributed by atoms with Crippen molar-refractivity contribution >= 4 is 23.2 Å². The van der Waals surface area contributed by atoms with Gasteiger partial charge in [-0.2, -0.15) is 0 Å². The molecule has 1 aliphatic rings. The van der Waals surface area contributed by atoms with Crippen molar-refractivity contribution < 1.29 is 9.59 Å². The number of carbonyl (C=O) groups excluding carboxylic acids is 2. The van der Waals surface area contributed by atoms with Crippen LogP contribution in [0.5, 0.6) is 0 Å². The van der Waals surface area contributed by atoms with Gasteiger partial charge in [-0.05, 0) is 23.1 Å². The van der Waals surface area contributed by atoms with Gasteiger partial charge >= 0.3 is 0 Å². The Morgan fingerprint density at radius 1 is 1.44 bits per heavy atom. The average Bonchev–Trinajstić information content (AvgIpc) is 3.16. The summed E-state index contributed by atoms with van der Waals surface area (Å²) in [6, 6.07) is 7.46. The lowest BCUT2D eigenvalue weighted by molar-refractivity contribution is -0.135. The van der Waals surface area contributed by atoms with E-state index in [1.807, 2.05) is 40.7 Å². The van der Waals surface area contributed by atoms with Crippen LogP contribution in [0.4, 0.5) is 0 Å². The third-order valence-electron chi connectivity index (χ3n) is 4.28. The van der Waals surface area contributed by atoms with Gasteiger partial charge in [-0.3, -0.25) is 14.6 Å². The van der Waals surface area contributed by atoms with Crippen LogP contribution in [0.15, 0.2) is 42.0 Å². The Bertz CT molecular complexity index is 705. The number of hydrogen-bond donors (Lipinski definition) is 2. The molecule has 132 valence electrons. The molecule has 0 bridgehead atoms. The average molecular weight is 358 g/mol. The zero-order valence-corrected chi connectivity index (χ0v) is 15.0. The van der Waals surface area contributed by atoms with Gasteiger partial charge in [-0.15, -0.1) is 11.3 Å². The van der Waals surface area contributed by atoms with Crippen LogP contribution >= 0.6 is 11.3 Å². The molecule has 2 unspecified atom stereocenters. The molecule has 0 radical (unpaired) electrons. The van der Waals surface area contributed by atoms with Crippen molar-refractivity contribution in [3.05, 3.63) is 52.5 Å². The van der Waals surface area contributed by atoms with E-state index in [1.165, 1.54) is 6.92 Å². The molecule has 0 aromatic carbocycles. The fraction of sp³-hybridized carbons (Fsp3) is 0.389. The van der Waals surface area contributed by atoms with E-state index in [9.17, 15) is 9.59 Å². The Hall–Kier alpha value is -2.25. The monoisotopic (exact) mass is 358 g/mol. The van der Waals surface area contributed by atoms with Gasteiger partial charge in [0, 0.05) is 43.8 Å². The Kier molecular flexibility index (Phi) is 5.78. The van der Waals surface area contributed by atoms with Gasteiger partial charge in [0.25, 0.3) is 0 Å². The van der Waals surface area contributed by atoms with Crippen LogP contribution in [0, 0.1) is 0 Å². The summed E-state index contributed by atoms with van der Waals surface area (Å²) in [5.74, 6) is -0.0853. The summed E-state index contributed by atoms with van der Waals surface area (Å²) < 4.78 is 0. The summed E-state index contributed by atoms with van der Waals surface area (Å²) in [5, 5.41) is 8.20. The maximum absolute atomic E-state index is 13.0. The van der Waals surface area contributed by atoms with Crippen LogP contribution < -0.4 is 10.6 Å².